The first-order chi connectivity index (χ1) is 19.3. The second kappa shape index (κ2) is 11.0. The van der Waals surface area contributed by atoms with Gasteiger partial charge in [-0.3, -0.25) is 9.69 Å². The predicted octanol–water partition coefficient (Wildman–Crippen LogP) is 5.51. The Morgan fingerprint density at radius 2 is 2.00 bits per heavy atom. The summed E-state index contributed by atoms with van der Waals surface area (Å²) in [6.07, 6.45) is 5.40. The molecule has 40 heavy (non-hydrogen) atoms. The highest BCUT2D eigenvalue weighted by atomic mass is 35.5. The van der Waals surface area contributed by atoms with Gasteiger partial charge in [-0.1, -0.05) is 23.7 Å². The van der Waals surface area contributed by atoms with Crippen LogP contribution in [0.25, 0.3) is 0 Å². The fraction of sp³-hybridized carbons (Fsp3) is 0.467. The number of benzene rings is 2. The Morgan fingerprint density at radius 1 is 1.20 bits per heavy atom. The third kappa shape index (κ3) is 5.42. The van der Waals surface area contributed by atoms with Crippen molar-refractivity contribution in [2.45, 2.75) is 69.9 Å². The van der Waals surface area contributed by atoms with Crippen molar-refractivity contribution in [1.29, 1.82) is 0 Å². The van der Waals surface area contributed by atoms with Crippen LogP contribution in [-0.4, -0.2) is 51.3 Å². The zero-order chi connectivity index (χ0) is 27.9. The number of para-hydroxylation sites is 1. The van der Waals surface area contributed by atoms with Crippen LogP contribution in [0.1, 0.15) is 61.2 Å². The summed E-state index contributed by atoms with van der Waals surface area (Å²) in [7, 11) is 0. The highest BCUT2D eigenvalue weighted by molar-refractivity contribution is 6.30. The van der Waals surface area contributed by atoms with Gasteiger partial charge < -0.3 is 23.9 Å². The lowest BCUT2D eigenvalue weighted by Crippen LogP contribution is -2.36. The summed E-state index contributed by atoms with van der Waals surface area (Å²) >= 11 is 5.96. The number of aromatic nitrogens is 2. The Kier molecular flexibility index (Phi) is 7.46. The number of fused-ring (bicyclic) bond motifs is 1. The van der Waals surface area contributed by atoms with Crippen LogP contribution in [0.3, 0.4) is 0 Å². The molecule has 2 saturated heterocycles. The van der Waals surface area contributed by atoms with Crippen molar-refractivity contribution in [3.8, 4) is 11.5 Å². The summed E-state index contributed by atoms with van der Waals surface area (Å²) in [4.78, 5) is 18.2. The van der Waals surface area contributed by atoms with Crippen LogP contribution in [0.15, 0.2) is 42.6 Å². The van der Waals surface area contributed by atoms with Crippen molar-refractivity contribution < 1.29 is 28.5 Å². The molecule has 2 atom stereocenters. The topological polar surface area (TPSA) is 86.1 Å². The molecule has 0 aliphatic carbocycles. The molecule has 3 aliphatic rings. The van der Waals surface area contributed by atoms with Gasteiger partial charge in [0.05, 0.1) is 31.2 Å². The van der Waals surface area contributed by atoms with Crippen molar-refractivity contribution in [3.05, 3.63) is 76.1 Å². The number of carboxylic acids is 1. The number of hydrogen-bond donors (Lipinski definition) is 1. The number of carboxylic acid groups (broad SMARTS) is 1. The molecule has 2 aromatic carbocycles. The van der Waals surface area contributed by atoms with Crippen LogP contribution < -0.4 is 9.47 Å². The highest BCUT2D eigenvalue weighted by Gasteiger charge is 2.43. The third-order valence-electron chi connectivity index (χ3n) is 8.22. The van der Waals surface area contributed by atoms with Gasteiger partial charge >= 0.3 is 5.97 Å². The number of halogens is 2. The molecule has 1 N–H and O–H groups in total. The molecule has 0 amide bonds. The van der Waals surface area contributed by atoms with Gasteiger partial charge in [0.25, 0.3) is 5.79 Å². The summed E-state index contributed by atoms with van der Waals surface area (Å²) < 4.78 is 35.1. The average molecular weight is 570 g/mol. The van der Waals surface area contributed by atoms with Gasteiger partial charge in [-0.25, -0.2) is 9.37 Å². The van der Waals surface area contributed by atoms with Crippen molar-refractivity contribution in [3.63, 3.8) is 0 Å². The quantitative estimate of drug-likeness (QED) is 0.364. The number of carbonyl (C=O) groups is 1. The van der Waals surface area contributed by atoms with E-state index >= 15 is 0 Å². The van der Waals surface area contributed by atoms with Gasteiger partial charge in [-0.2, -0.15) is 0 Å². The van der Waals surface area contributed by atoms with E-state index < -0.39 is 17.6 Å². The van der Waals surface area contributed by atoms with E-state index in [1.807, 2.05) is 18.3 Å². The van der Waals surface area contributed by atoms with Crippen molar-refractivity contribution in [1.82, 2.24) is 14.5 Å². The summed E-state index contributed by atoms with van der Waals surface area (Å²) in [5, 5.41) is 9.48. The van der Waals surface area contributed by atoms with Gasteiger partial charge in [0.2, 0.25) is 0 Å². The molecular formula is C30H33ClFN3O5. The lowest BCUT2D eigenvalue weighted by atomic mass is 9.88. The van der Waals surface area contributed by atoms with E-state index in [1.165, 1.54) is 6.07 Å². The Bertz CT molecular complexity index is 1400. The van der Waals surface area contributed by atoms with Gasteiger partial charge in [0.15, 0.2) is 11.5 Å². The third-order valence-corrected chi connectivity index (χ3v) is 8.45. The standard InChI is InChI=1S/C30H33ClFN3O5/c1-30(24-7-5-20(31)15-25(24)32)39-26-4-2-3-23(29(26)40-30)19-9-12-34(13-10-19)18-27-33-16-21(6-8-28(36)37)35(27)17-22-11-14-38-22/h2-5,7,15-16,19,22H,6,8-14,17-18H2,1H3,(H,36,37). The average Bonchev–Trinajstić information content (AvgIpc) is 3.45. The number of aliphatic carboxylic acids is 1. The Hall–Kier alpha value is -3.14. The molecule has 3 aromatic rings. The van der Waals surface area contributed by atoms with E-state index in [-0.39, 0.29) is 18.4 Å². The summed E-state index contributed by atoms with van der Waals surface area (Å²) in [6.45, 7) is 5.69. The lowest BCUT2D eigenvalue weighted by molar-refractivity contribution is -0.137. The van der Waals surface area contributed by atoms with E-state index in [9.17, 15) is 9.18 Å². The minimum atomic E-state index is -1.27. The minimum absolute atomic E-state index is 0.0823. The number of imidazole rings is 1. The zero-order valence-electron chi connectivity index (χ0n) is 22.4. The second-order valence-electron chi connectivity index (χ2n) is 11.0. The molecule has 3 aliphatic heterocycles. The van der Waals surface area contributed by atoms with Crippen LogP contribution in [0.2, 0.25) is 5.02 Å². The SMILES string of the molecule is CC1(c2ccc(Cl)cc2F)Oc2cccc(C3CCN(Cc4ncc(CCC(=O)O)n4CC4CCO4)CC3)c2O1. The van der Waals surface area contributed by atoms with Gasteiger partial charge in [0, 0.05) is 36.0 Å². The summed E-state index contributed by atoms with van der Waals surface area (Å²) in [5.41, 5.74) is 2.33. The molecule has 4 heterocycles. The molecule has 10 heteroatoms. The number of ether oxygens (including phenoxy) is 3. The number of rotatable bonds is 9. The van der Waals surface area contributed by atoms with Gasteiger partial charge in [0.1, 0.15) is 11.6 Å². The maximum absolute atomic E-state index is 14.8. The van der Waals surface area contributed by atoms with Crippen LogP contribution in [0, 0.1) is 5.82 Å². The maximum atomic E-state index is 14.8. The Morgan fingerprint density at radius 3 is 2.70 bits per heavy atom. The molecule has 212 valence electrons. The Labute approximate surface area is 237 Å². The normalized spacial score (nSPS) is 22.8. The number of piperidine rings is 1. The summed E-state index contributed by atoms with van der Waals surface area (Å²) in [6, 6.07) is 10.4. The Balaban J connectivity index is 1.13. The van der Waals surface area contributed by atoms with Crippen LogP contribution in [0.4, 0.5) is 4.39 Å². The lowest BCUT2D eigenvalue weighted by Gasteiger charge is -2.33. The molecule has 2 fully saturated rings. The van der Waals surface area contributed by atoms with Crippen LogP contribution in [0.5, 0.6) is 11.5 Å². The monoisotopic (exact) mass is 569 g/mol. The molecule has 0 radical (unpaired) electrons. The molecule has 8 nitrogen and oxygen atoms in total. The first-order valence-corrected chi connectivity index (χ1v) is 14.2. The molecule has 0 bridgehead atoms. The second-order valence-corrected chi connectivity index (χ2v) is 11.4. The fourth-order valence-electron chi connectivity index (χ4n) is 5.91. The zero-order valence-corrected chi connectivity index (χ0v) is 23.2. The van der Waals surface area contributed by atoms with Crippen molar-refractivity contribution >= 4 is 17.6 Å². The number of aryl methyl sites for hydroxylation is 1. The largest absolute Gasteiger partial charge is 0.481 e. The number of likely N-dealkylation sites (tertiary alicyclic amines) is 1. The van der Waals surface area contributed by atoms with Gasteiger partial charge in [-0.05, 0) is 69.0 Å². The van der Waals surface area contributed by atoms with E-state index in [2.05, 4.69) is 20.5 Å². The molecule has 6 rings (SSSR count). The number of nitrogens with zero attached hydrogens (tertiary/aromatic N) is 3. The maximum Gasteiger partial charge on any atom is 0.303 e. The van der Waals surface area contributed by atoms with E-state index in [0.29, 0.717) is 41.6 Å². The molecule has 2 unspecified atom stereocenters. The fourth-order valence-corrected chi connectivity index (χ4v) is 6.07. The number of hydrogen-bond acceptors (Lipinski definition) is 6. The molecule has 1 aromatic heterocycles. The van der Waals surface area contributed by atoms with E-state index in [4.69, 9.17) is 30.9 Å². The summed E-state index contributed by atoms with van der Waals surface area (Å²) in [5.74, 6) is -0.0210. The predicted molar refractivity (Wildman–Crippen MR) is 146 cm³/mol. The van der Waals surface area contributed by atoms with Crippen molar-refractivity contribution in [2.75, 3.05) is 19.7 Å². The minimum Gasteiger partial charge on any atom is -0.481 e. The van der Waals surface area contributed by atoms with E-state index in [0.717, 1.165) is 56.0 Å². The van der Waals surface area contributed by atoms with Gasteiger partial charge in [-0.15, -0.1) is 0 Å². The molecular weight excluding hydrogens is 537 g/mol. The van der Waals surface area contributed by atoms with Crippen molar-refractivity contribution in [2.24, 2.45) is 0 Å². The molecule has 0 saturated carbocycles. The highest BCUT2D eigenvalue weighted by Crippen LogP contribution is 2.49. The smallest absolute Gasteiger partial charge is 0.303 e. The molecule has 0 spiro atoms. The first kappa shape index (κ1) is 27.1. The van der Waals surface area contributed by atoms with Crippen LogP contribution >= 0.6 is 11.6 Å². The van der Waals surface area contributed by atoms with E-state index in [1.54, 1.807) is 19.1 Å². The van der Waals surface area contributed by atoms with Crippen LogP contribution in [-0.2, 0) is 34.8 Å². The first-order valence-electron chi connectivity index (χ1n) is 13.8.